The van der Waals surface area contributed by atoms with Crippen molar-refractivity contribution >= 4 is 15.2 Å². The van der Waals surface area contributed by atoms with Crippen LogP contribution in [0.4, 0.5) is 0 Å². The molecule has 0 aromatic rings. The quantitative estimate of drug-likeness (QED) is 0.443. The van der Waals surface area contributed by atoms with Crippen LogP contribution in [0, 0.1) is 5.92 Å². The van der Waals surface area contributed by atoms with Gasteiger partial charge in [-0.2, -0.15) is 0 Å². The molecule has 0 aliphatic heterocycles. The Morgan fingerprint density at radius 1 is 1.07 bits per heavy atom. The van der Waals surface area contributed by atoms with E-state index in [2.05, 4.69) is 0 Å². The zero-order valence-electron chi connectivity index (χ0n) is 7.73. The Morgan fingerprint density at radius 2 is 1.36 bits per heavy atom. The van der Waals surface area contributed by atoms with Crippen molar-refractivity contribution in [2.24, 2.45) is 5.92 Å². The van der Waals surface area contributed by atoms with Gasteiger partial charge in [0.05, 0.1) is 0 Å². The number of hydrogen-bond acceptors (Lipinski definition) is 3. The highest BCUT2D eigenvalue weighted by Crippen LogP contribution is 2.69. The molecule has 86 valence electrons. The van der Waals surface area contributed by atoms with Crippen molar-refractivity contribution in [2.45, 2.75) is 25.4 Å². The van der Waals surface area contributed by atoms with Crippen molar-refractivity contribution in [3.8, 4) is 0 Å². The van der Waals surface area contributed by atoms with E-state index in [9.17, 15) is 14.2 Å². The Balaban J connectivity index is 5.30. The molecule has 0 heterocycles. The fourth-order valence-corrected chi connectivity index (χ4v) is 3.52. The Bertz CT molecular complexity index is 264. The van der Waals surface area contributed by atoms with Crippen LogP contribution in [-0.2, 0) is 9.13 Å². The molecule has 7 nitrogen and oxygen atoms in total. The first-order valence-electron chi connectivity index (χ1n) is 3.75. The molecule has 0 aromatic heterocycles. The molecular weight excluding hydrogens is 234 g/mol. The van der Waals surface area contributed by atoms with Crippen molar-refractivity contribution in [1.82, 2.24) is 0 Å². The Morgan fingerprint density at radius 3 is 1.43 bits per heavy atom. The van der Waals surface area contributed by atoms with Crippen molar-refractivity contribution < 1.29 is 33.8 Å². The lowest BCUT2D eigenvalue weighted by Crippen LogP contribution is -2.30. The van der Waals surface area contributed by atoms with Crippen molar-refractivity contribution in [2.75, 3.05) is 0 Å². The van der Waals surface area contributed by atoms with Gasteiger partial charge in [0.1, 0.15) is 0 Å². The second kappa shape index (κ2) is 4.02. The third-order valence-electron chi connectivity index (χ3n) is 1.62. The monoisotopic (exact) mass is 248 g/mol. The van der Waals surface area contributed by atoms with Crippen LogP contribution >= 0.6 is 15.2 Å². The van der Waals surface area contributed by atoms with Crippen molar-refractivity contribution in [3.05, 3.63) is 0 Å². The molecule has 0 saturated carbocycles. The van der Waals surface area contributed by atoms with Gasteiger partial charge in [-0.25, -0.2) is 0 Å². The van der Waals surface area contributed by atoms with Crippen molar-refractivity contribution in [1.29, 1.82) is 0 Å². The minimum atomic E-state index is -5.27. The summed E-state index contributed by atoms with van der Waals surface area (Å²) < 4.78 is 21.6. The summed E-state index contributed by atoms with van der Waals surface area (Å²) >= 11 is 0. The summed E-state index contributed by atoms with van der Waals surface area (Å²) in [6.07, 6.45) is -0.665. The van der Waals surface area contributed by atoms with Crippen molar-refractivity contribution in [3.63, 3.8) is 0 Å². The van der Waals surface area contributed by atoms with E-state index < -0.39 is 32.6 Å². The van der Waals surface area contributed by atoms with Crippen LogP contribution in [0.25, 0.3) is 0 Å². The smallest absolute Gasteiger partial charge is 0.368 e. The van der Waals surface area contributed by atoms with E-state index in [4.69, 9.17) is 19.6 Å². The SMILES string of the molecule is CC(C)CC(O)(P(=O)(O)O)P(=O)(O)O. The predicted molar refractivity (Wildman–Crippen MR) is 48.5 cm³/mol. The van der Waals surface area contributed by atoms with Crippen LogP contribution in [0.3, 0.4) is 0 Å². The highest BCUT2D eigenvalue weighted by Gasteiger charge is 2.59. The summed E-state index contributed by atoms with van der Waals surface area (Å²) in [4.78, 5) is 34.8. The molecule has 9 heteroatoms. The van der Waals surface area contributed by atoms with E-state index in [1.807, 2.05) is 0 Å². The van der Waals surface area contributed by atoms with Gasteiger partial charge >= 0.3 is 15.2 Å². The molecule has 0 saturated heterocycles. The molecule has 0 radical (unpaired) electrons. The first-order chi connectivity index (χ1) is 5.92. The minimum absolute atomic E-state index is 0.458. The molecule has 14 heavy (non-hydrogen) atoms. The first kappa shape index (κ1) is 14.3. The Hall–Kier alpha value is 0.260. The lowest BCUT2D eigenvalue weighted by molar-refractivity contribution is 0.111. The lowest BCUT2D eigenvalue weighted by Gasteiger charge is -2.30. The maximum atomic E-state index is 10.8. The summed E-state index contributed by atoms with van der Waals surface area (Å²) in [6, 6.07) is 0. The van der Waals surface area contributed by atoms with Gasteiger partial charge < -0.3 is 24.7 Å². The molecule has 5 N–H and O–H groups in total. The van der Waals surface area contributed by atoms with E-state index >= 15 is 0 Å². The maximum Gasteiger partial charge on any atom is 0.369 e. The zero-order valence-corrected chi connectivity index (χ0v) is 9.52. The number of rotatable bonds is 4. The summed E-state index contributed by atoms with van der Waals surface area (Å²) in [7, 11) is -10.5. The molecule has 0 atom stereocenters. The first-order valence-corrected chi connectivity index (χ1v) is 6.98. The van der Waals surface area contributed by atoms with Crippen LogP contribution < -0.4 is 0 Å². The van der Waals surface area contributed by atoms with E-state index in [0.29, 0.717) is 0 Å². The van der Waals surface area contributed by atoms with Gasteiger partial charge in [0.2, 0.25) is 0 Å². The van der Waals surface area contributed by atoms with E-state index in [-0.39, 0.29) is 0 Å². The van der Waals surface area contributed by atoms with Gasteiger partial charge in [0, 0.05) is 6.42 Å². The fourth-order valence-electron chi connectivity index (χ4n) is 0.955. The predicted octanol–water partition coefficient (Wildman–Crippen LogP) is 0.0340. The fraction of sp³-hybridized carbons (Fsp3) is 1.00. The average Bonchev–Trinajstić information content (AvgIpc) is 1.79. The Kier molecular flexibility index (Phi) is 4.10. The summed E-state index contributed by atoms with van der Waals surface area (Å²) in [6.45, 7) is 2.96. The van der Waals surface area contributed by atoms with Crippen LogP contribution in [0.1, 0.15) is 20.3 Å². The molecule has 0 amide bonds. The summed E-state index contributed by atoms with van der Waals surface area (Å²) in [5.41, 5.74) is 0. The van der Waals surface area contributed by atoms with E-state index in [1.54, 1.807) is 0 Å². The zero-order chi connectivity index (χ0) is 11.8. The average molecular weight is 248 g/mol. The molecule has 0 unspecified atom stereocenters. The molecule has 0 bridgehead atoms. The molecule has 0 spiro atoms. The summed E-state index contributed by atoms with van der Waals surface area (Å²) in [5, 5.41) is 6.06. The van der Waals surface area contributed by atoms with Crippen LogP contribution in [0.2, 0.25) is 0 Å². The van der Waals surface area contributed by atoms with Gasteiger partial charge in [-0.1, -0.05) is 13.8 Å². The van der Waals surface area contributed by atoms with Crippen LogP contribution in [0.5, 0.6) is 0 Å². The molecule has 0 fully saturated rings. The minimum Gasteiger partial charge on any atom is -0.368 e. The standard InChI is InChI=1S/C5H14O7P2/c1-4(2)3-5(6,13(7,8)9)14(10,11)12/h4,6H,3H2,1-2H3,(H2,7,8,9)(H2,10,11,12). The third kappa shape index (κ3) is 2.87. The summed E-state index contributed by atoms with van der Waals surface area (Å²) in [5.74, 6) is -0.458. The second-order valence-electron chi connectivity index (χ2n) is 3.46. The molecule has 0 aromatic carbocycles. The van der Waals surface area contributed by atoms with Gasteiger partial charge in [0.25, 0.3) is 5.08 Å². The topological polar surface area (TPSA) is 135 Å². The molecule has 0 aliphatic carbocycles. The second-order valence-corrected chi connectivity index (χ2v) is 7.47. The highest BCUT2D eigenvalue weighted by molar-refractivity contribution is 7.72. The maximum absolute atomic E-state index is 10.8. The van der Waals surface area contributed by atoms with Crippen LogP contribution in [0.15, 0.2) is 0 Å². The molecule has 0 aliphatic rings. The third-order valence-corrected chi connectivity index (χ3v) is 5.41. The number of hydrogen-bond donors (Lipinski definition) is 5. The van der Waals surface area contributed by atoms with Gasteiger partial charge in [0.15, 0.2) is 0 Å². The normalized spacial score (nSPS) is 14.9. The largest absolute Gasteiger partial charge is 0.369 e. The Labute approximate surface area is 81.1 Å². The van der Waals surface area contributed by atoms with E-state index in [1.165, 1.54) is 13.8 Å². The number of aliphatic hydroxyl groups is 1. The molecule has 0 rings (SSSR count). The highest BCUT2D eigenvalue weighted by atomic mass is 31.2. The molecular formula is C5H14O7P2. The lowest BCUT2D eigenvalue weighted by atomic mass is 10.1. The van der Waals surface area contributed by atoms with Gasteiger partial charge in [-0.15, -0.1) is 0 Å². The van der Waals surface area contributed by atoms with Gasteiger partial charge in [-0.3, -0.25) is 9.13 Å². The van der Waals surface area contributed by atoms with E-state index in [0.717, 1.165) is 0 Å². The van der Waals surface area contributed by atoms with Crippen LogP contribution in [-0.4, -0.2) is 29.8 Å². The van der Waals surface area contributed by atoms with Gasteiger partial charge in [-0.05, 0) is 5.92 Å².